The zero-order valence-corrected chi connectivity index (χ0v) is 11.4. The van der Waals surface area contributed by atoms with E-state index in [-0.39, 0.29) is 6.10 Å². The summed E-state index contributed by atoms with van der Waals surface area (Å²) in [7, 11) is 0. The highest BCUT2D eigenvalue weighted by Crippen LogP contribution is 2.23. The number of anilines is 1. The molecule has 0 amide bonds. The molecule has 108 valence electrons. The molecule has 0 N–H and O–H groups in total. The molecule has 3 heterocycles. The second kappa shape index (κ2) is 5.17. The Hall–Kier alpha value is -2.41. The van der Waals surface area contributed by atoms with E-state index in [1.807, 2.05) is 24.3 Å². The Bertz CT molecular complexity index is 691. The highest BCUT2D eigenvalue weighted by molar-refractivity contribution is 5.74. The van der Waals surface area contributed by atoms with Gasteiger partial charge in [-0.3, -0.25) is 4.68 Å². The third kappa shape index (κ3) is 2.47. The van der Waals surface area contributed by atoms with Crippen molar-refractivity contribution in [3.05, 3.63) is 36.9 Å². The smallest absolute Gasteiger partial charge is 0.298 e. The minimum absolute atomic E-state index is 0.0514. The summed E-state index contributed by atoms with van der Waals surface area (Å²) in [4.78, 5) is 10.6. The first-order chi connectivity index (χ1) is 10.4. The fraction of sp³-hybridized carbons (Fsp3) is 0.357. The van der Waals surface area contributed by atoms with E-state index in [0.717, 1.165) is 24.2 Å². The SMILES string of the molecule is c1ccc2oc(N3CCO[C@H](Cn4cncn4)C3)nc2c1. The van der Waals surface area contributed by atoms with E-state index in [4.69, 9.17) is 9.15 Å². The molecule has 1 aliphatic heterocycles. The van der Waals surface area contributed by atoms with E-state index in [1.54, 1.807) is 11.0 Å². The van der Waals surface area contributed by atoms with Gasteiger partial charge >= 0.3 is 0 Å². The lowest BCUT2D eigenvalue weighted by Gasteiger charge is -2.31. The summed E-state index contributed by atoms with van der Waals surface area (Å²) in [6.07, 6.45) is 3.28. The van der Waals surface area contributed by atoms with Gasteiger partial charge in [0, 0.05) is 6.54 Å². The molecule has 0 bridgehead atoms. The van der Waals surface area contributed by atoms with Crippen LogP contribution in [0.25, 0.3) is 11.1 Å². The molecule has 4 rings (SSSR count). The van der Waals surface area contributed by atoms with Gasteiger partial charge in [0.2, 0.25) is 0 Å². The maximum atomic E-state index is 5.82. The van der Waals surface area contributed by atoms with Crippen molar-refractivity contribution in [2.24, 2.45) is 0 Å². The van der Waals surface area contributed by atoms with Crippen molar-refractivity contribution in [2.45, 2.75) is 12.6 Å². The van der Waals surface area contributed by atoms with Gasteiger partial charge in [-0.1, -0.05) is 12.1 Å². The predicted octanol–water partition coefficient (Wildman–Crippen LogP) is 1.32. The molecule has 1 fully saturated rings. The van der Waals surface area contributed by atoms with Gasteiger partial charge < -0.3 is 14.1 Å². The number of fused-ring (bicyclic) bond motifs is 1. The van der Waals surface area contributed by atoms with Crippen LogP contribution in [-0.2, 0) is 11.3 Å². The van der Waals surface area contributed by atoms with Crippen LogP contribution in [0.1, 0.15) is 0 Å². The van der Waals surface area contributed by atoms with Crippen LogP contribution in [0, 0.1) is 0 Å². The van der Waals surface area contributed by atoms with E-state index in [0.29, 0.717) is 19.2 Å². The zero-order valence-electron chi connectivity index (χ0n) is 11.4. The van der Waals surface area contributed by atoms with Gasteiger partial charge in [0.1, 0.15) is 18.2 Å². The number of hydrogen-bond donors (Lipinski definition) is 0. The number of ether oxygens (including phenoxy) is 1. The summed E-state index contributed by atoms with van der Waals surface area (Å²) >= 11 is 0. The molecule has 0 radical (unpaired) electrons. The van der Waals surface area contributed by atoms with Gasteiger partial charge in [-0.05, 0) is 12.1 Å². The Kier molecular flexibility index (Phi) is 3.04. The molecular weight excluding hydrogens is 270 g/mol. The first-order valence-electron chi connectivity index (χ1n) is 6.93. The maximum Gasteiger partial charge on any atom is 0.298 e. The van der Waals surface area contributed by atoms with Crippen molar-refractivity contribution in [2.75, 3.05) is 24.6 Å². The number of morpholine rings is 1. The van der Waals surface area contributed by atoms with Crippen molar-refractivity contribution in [3.63, 3.8) is 0 Å². The Labute approximate surface area is 121 Å². The lowest BCUT2D eigenvalue weighted by Crippen LogP contribution is -2.44. The van der Waals surface area contributed by atoms with Gasteiger partial charge in [0.15, 0.2) is 5.58 Å². The zero-order chi connectivity index (χ0) is 14.1. The van der Waals surface area contributed by atoms with Gasteiger partial charge in [0.25, 0.3) is 6.01 Å². The summed E-state index contributed by atoms with van der Waals surface area (Å²) in [5.41, 5.74) is 1.69. The number of rotatable bonds is 3. The quantitative estimate of drug-likeness (QED) is 0.723. The summed E-state index contributed by atoms with van der Waals surface area (Å²) in [5, 5.41) is 4.11. The minimum atomic E-state index is 0.0514. The maximum absolute atomic E-state index is 5.82. The first kappa shape index (κ1) is 12.3. The standard InChI is InChI=1S/C14H15N5O2/c1-2-4-13-12(3-1)17-14(21-13)18-5-6-20-11(7-18)8-19-10-15-9-16-19/h1-4,9-11H,5-8H2/t11-/m0/s1. The molecule has 1 saturated heterocycles. The van der Waals surface area contributed by atoms with E-state index in [9.17, 15) is 0 Å². The first-order valence-corrected chi connectivity index (χ1v) is 6.93. The second-order valence-corrected chi connectivity index (χ2v) is 5.02. The summed E-state index contributed by atoms with van der Waals surface area (Å²) in [6, 6.07) is 8.45. The van der Waals surface area contributed by atoms with Gasteiger partial charge in [-0.25, -0.2) is 4.98 Å². The van der Waals surface area contributed by atoms with E-state index in [1.165, 1.54) is 6.33 Å². The minimum Gasteiger partial charge on any atom is -0.423 e. The number of nitrogens with zero attached hydrogens (tertiary/aromatic N) is 5. The highest BCUT2D eigenvalue weighted by atomic mass is 16.5. The Balaban J connectivity index is 1.52. The third-order valence-corrected chi connectivity index (χ3v) is 3.55. The average molecular weight is 285 g/mol. The summed E-state index contributed by atoms with van der Waals surface area (Å²) < 4.78 is 13.4. The van der Waals surface area contributed by atoms with Crippen molar-refractivity contribution < 1.29 is 9.15 Å². The fourth-order valence-electron chi connectivity index (χ4n) is 2.53. The molecule has 0 aliphatic carbocycles. The van der Waals surface area contributed by atoms with E-state index < -0.39 is 0 Å². The van der Waals surface area contributed by atoms with Gasteiger partial charge in [-0.15, -0.1) is 0 Å². The van der Waals surface area contributed by atoms with Crippen LogP contribution in [0.4, 0.5) is 6.01 Å². The normalized spacial score (nSPS) is 19.2. The van der Waals surface area contributed by atoms with Crippen LogP contribution in [0.15, 0.2) is 41.3 Å². The highest BCUT2D eigenvalue weighted by Gasteiger charge is 2.24. The largest absolute Gasteiger partial charge is 0.423 e. The van der Waals surface area contributed by atoms with Crippen LogP contribution < -0.4 is 4.90 Å². The molecule has 2 aromatic heterocycles. The van der Waals surface area contributed by atoms with E-state index in [2.05, 4.69) is 20.0 Å². The van der Waals surface area contributed by atoms with Crippen molar-refractivity contribution in [1.29, 1.82) is 0 Å². The molecule has 7 heteroatoms. The molecule has 1 atom stereocenters. The molecule has 0 saturated carbocycles. The summed E-state index contributed by atoms with van der Waals surface area (Å²) in [6.45, 7) is 2.84. The second-order valence-electron chi connectivity index (χ2n) is 5.02. The average Bonchev–Trinajstić information content (AvgIpc) is 3.16. The Morgan fingerprint density at radius 2 is 2.24 bits per heavy atom. The van der Waals surface area contributed by atoms with Crippen molar-refractivity contribution in [1.82, 2.24) is 19.7 Å². The number of para-hydroxylation sites is 2. The Morgan fingerprint density at radius 1 is 1.29 bits per heavy atom. The van der Waals surface area contributed by atoms with Crippen LogP contribution in [-0.4, -0.2) is 45.5 Å². The molecule has 1 aromatic carbocycles. The van der Waals surface area contributed by atoms with Crippen LogP contribution in [0.2, 0.25) is 0 Å². The van der Waals surface area contributed by atoms with Crippen molar-refractivity contribution in [3.8, 4) is 0 Å². The lowest BCUT2D eigenvalue weighted by atomic mass is 10.3. The molecule has 21 heavy (non-hydrogen) atoms. The lowest BCUT2D eigenvalue weighted by molar-refractivity contribution is 0.0259. The monoisotopic (exact) mass is 285 g/mol. The van der Waals surface area contributed by atoms with Crippen LogP contribution >= 0.6 is 0 Å². The van der Waals surface area contributed by atoms with Crippen LogP contribution in [0.3, 0.4) is 0 Å². The fourth-order valence-corrected chi connectivity index (χ4v) is 2.53. The topological polar surface area (TPSA) is 69.2 Å². The molecule has 3 aromatic rings. The number of aromatic nitrogens is 4. The molecule has 7 nitrogen and oxygen atoms in total. The van der Waals surface area contributed by atoms with Crippen molar-refractivity contribution >= 4 is 17.1 Å². The number of oxazole rings is 1. The molecular formula is C14H15N5O2. The van der Waals surface area contributed by atoms with Gasteiger partial charge in [0.05, 0.1) is 25.8 Å². The predicted molar refractivity (Wildman–Crippen MR) is 76.0 cm³/mol. The van der Waals surface area contributed by atoms with E-state index >= 15 is 0 Å². The summed E-state index contributed by atoms with van der Waals surface area (Å²) in [5.74, 6) is 0. The number of hydrogen-bond acceptors (Lipinski definition) is 6. The Morgan fingerprint density at radius 3 is 3.10 bits per heavy atom. The van der Waals surface area contributed by atoms with Crippen LogP contribution in [0.5, 0.6) is 0 Å². The molecule has 0 spiro atoms. The third-order valence-electron chi connectivity index (χ3n) is 3.55. The molecule has 1 aliphatic rings. The van der Waals surface area contributed by atoms with Gasteiger partial charge in [-0.2, -0.15) is 10.1 Å². The molecule has 0 unspecified atom stereocenters. The number of benzene rings is 1.